The molecule has 1 aromatic heterocycles. The van der Waals surface area contributed by atoms with E-state index in [9.17, 15) is 19.3 Å². The number of pyridine rings is 1. The molecule has 3 aromatic rings. The molecule has 0 fully saturated rings. The Balaban J connectivity index is 1.68. The van der Waals surface area contributed by atoms with Crippen molar-refractivity contribution in [1.82, 2.24) is 4.98 Å². The maximum Gasteiger partial charge on any atom is 0.293 e. The van der Waals surface area contributed by atoms with Crippen molar-refractivity contribution in [2.75, 3.05) is 5.32 Å². The van der Waals surface area contributed by atoms with E-state index in [1.807, 2.05) is 0 Å². The molecule has 1 heterocycles. The maximum absolute atomic E-state index is 13.2. The second-order valence-electron chi connectivity index (χ2n) is 5.77. The molecule has 0 saturated carbocycles. The Morgan fingerprint density at radius 2 is 2.04 bits per heavy atom. The van der Waals surface area contributed by atoms with E-state index in [1.54, 1.807) is 18.2 Å². The summed E-state index contributed by atoms with van der Waals surface area (Å²) in [5.41, 5.74) is 5.93. The van der Waals surface area contributed by atoms with Crippen LogP contribution in [0.4, 0.5) is 15.8 Å². The number of amides is 1. The quantitative estimate of drug-likeness (QED) is 0.475. The molecule has 0 aliphatic heterocycles. The minimum Gasteiger partial charge on any atom is -0.439 e. The highest BCUT2D eigenvalue weighted by Gasteiger charge is 2.16. The van der Waals surface area contributed by atoms with E-state index < -0.39 is 16.6 Å². The van der Waals surface area contributed by atoms with Gasteiger partial charge in [0.1, 0.15) is 17.3 Å². The number of anilines is 1. The molecule has 0 atom stereocenters. The molecule has 0 unspecified atom stereocenters. The van der Waals surface area contributed by atoms with Gasteiger partial charge in [0.05, 0.1) is 4.92 Å². The molecule has 8 nitrogen and oxygen atoms in total. The number of rotatable bonds is 7. The van der Waals surface area contributed by atoms with Gasteiger partial charge in [0.2, 0.25) is 11.8 Å². The lowest BCUT2D eigenvalue weighted by molar-refractivity contribution is -0.384. The van der Waals surface area contributed by atoms with E-state index >= 15 is 0 Å². The van der Waals surface area contributed by atoms with Gasteiger partial charge in [-0.25, -0.2) is 9.37 Å². The van der Waals surface area contributed by atoms with Gasteiger partial charge >= 0.3 is 0 Å². The number of nitro benzene ring substituents is 1. The third-order valence-electron chi connectivity index (χ3n) is 3.78. The van der Waals surface area contributed by atoms with Crippen molar-refractivity contribution in [3.05, 3.63) is 87.9 Å². The first-order chi connectivity index (χ1) is 13.4. The van der Waals surface area contributed by atoms with Crippen LogP contribution in [0.5, 0.6) is 11.6 Å². The summed E-state index contributed by atoms with van der Waals surface area (Å²) in [7, 11) is 0. The first-order valence-electron chi connectivity index (χ1n) is 8.13. The minimum atomic E-state index is -0.743. The lowest BCUT2D eigenvalue weighted by Crippen LogP contribution is -2.12. The lowest BCUT2D eigenvalue weighted by Gasteiger charge is -2.09. The highest BCUT2D eigenvalue weighted by Crippen LogP contribution is 2.26. The van der Waals surface area contributed by atoms with Crippen molar-refractivity contribution in [2.24, 2.45) is 5.73 Å². The zero-order chi connectivity index (χ0) is 20.1. The number of nitro groups is 1. The van der Waals surface area contributed by atoms with E-state index in [2.05, 4.69) is 10.3 Å². The van der Waals surface area contributed by atoms with Crippen molar-refractivity contribution in [3.63, 3.8) is 0 Å². The van der Waals surface area contributed by atoms with Crippen LogP contribution < -0.4 is 15.8 Å². The Bertz CT molecular complexity index is 1020. The van der Waals surface area contributed by atoms with Gasteiger partial charge in [-0.2, -0.15) is 0 Å². The van der Waals surface area contributed by atoms with Crippen molar-refractivity contribution in [1.29, 1.82) is 0 Å². The number of benzene rings is 2. The van der Waals surface area contributed by atoms with E-state index in [0.29, 0.717) is 5.75 Å². The van der Waals surface area contributed by atoms with E-state index in [0.717, 1.165) is 11.6 Å². The molecule has 3 N–H and O–H groups in total. The fraction of sp³-hybridized carbons (Fsp3) is 0.0526. The molecule has 0 bridgehead atoms. The normalized spacial score (nSPS) is 10.3. The zero-order valence-electron chi connectivity index (χ0n) is 14.5. The van der Waals surface area contributed by atoms with Gasteiger partial charge in [0.25, 0.3) is 5.69 Å². The molecule has 1 amide bonds. The number of aromatic nitrogens is 1. The Kier molecular flexibility index (Phi) is 5.45. The smallest absolute Gasteiger partial charge is 0.293 e. The summed E-state index contributed by atoms with van der Waals surface area (Å²) in [6.45, 7) is 0.254. The molecule has 0 spiro atoms. The fourth-order valence-electron chi connectivity index (χ4n) is 2.41. The number of nitrogens with one attached hydrogen (secondary N) is 1. The number of nitrogens with zero attached hydrogens (tertiary/aromatic N) is 2. The number of carbonyl (C=O) groups is 1. The summed E-state index contributed by atoms with van der Waals surface area (Å²) < 4.78 is 18.6. The Labute approximate surface area is 158 Å². The third-order valence-corrected chi connectivity index (χ3v) is 3.78. The SMILES string of the molecule is NC(=O)c1ccc(NCc2ccc(Oc3cccc(F)c3)nc2)c([N+](=O)[O-])c1. The Hall–Kier alpha value is -4.01. The topological polar surface area (TPSA) is 120 Å². The van der Waals surface area contributed by atoms with Crippen LogP contribution in [-0.4, -0.2) is 15.8 Å². The summed E-state index contributed by atoms with van der Waals surface area (Å²) in [6.07, 6.45) is 1.53. The second-order valence-corrected chi connectivity index (χ2v) is 5.77. The molecule has 2 aromatic carbocycles. The predicted molar refractivity (Wildman–Crippen MR) is 99.7 cm³/mol. The van der Waals surface area contributed by atoms with E-state index in [1.165, 1.54) is 36.5 Å². The first kappa shape index (κ1) is 18.8. The highest BCUT2D eigenvalue weighted by atomic mass is 19.1. The summed E-state index contributed by atoms with van der Waals surface area (Å²) in [4.78, 5) is 25.9. The van der Waals surface area contributed by atoms with Crippen LogP contribution in [0.15, 0.2) is 60.8 Å². The zero-order valence-corrected chi connectivity index (χ0v) is 14.5. The van der Waals surface area contributed by atoms with Gasteiger partial charge in [0.15, 0.2) is 0 Å². The van der Waals surface area contributed by atoms with Crippen molar-refractivity contribution in [2.45, 2.75) is 6.54 Å². The highest BCUT2D eigenvalue weighted by molar-refractivity contribution is 5.94. The summed E-state index contributed by atoms with van der Waals surface area (Å²) in [5.74, 6) is -0.551. The van der Waals surface area contributed by atoms with Crippen molar-refractivity contribution < 1.29 is 18.8 Å². The average Bonchev–Trinajstić information content (AvgIpc) is 2.67. The predicted octanol–water partition coefficient (Wildman–Crippen LogP) is 3.63. The summed E-state index contributed by atoms with van der Waals surface area (Å²) in [5, 5.41) is 14.1. The Morgan fingerprint density at radius 1 is 1.21 bits per heavy atom. The van der Waals surface area contributed by atoms with Crippen LogP contribution in [-0.2, 0) is 6.54 Å². The summed E-state index contributed by atoms with van der Waals surface area (Å²) >= 11 is 0. The number of hydrogen-bond acceptors (Lipinski definition) is 6. The van der Waals surface area contributed by atoms with Crippen LogP contribution in [0.25, 0.3) is 0 Å². The molecule has 0 radical (unpaired) electrons. The van der Waals surface area contributed by atoms with Crippen LogP contribution in [0.3, 0.4) is 0 Å². The molecule has 3 rings (SSSR count). The molecule has 142 valence electrons. The number of primary amides is 1. The molecule has 9 heteroatoms. The largest absolute Gasteiger partial charge is 0.439 e. The molecule has 0 saturated heterocycles. The monoisotopic (exact) mass is 382 g/mol. The van der Waals surface area contributed by atoms with Crippen LogP contribution in [0.2, 0.25) is 0 Å². The van der Waals surface area contributed by atoms with E-state index in [4.69, 9.17) is 10.5 Å². The van der Waals surface area contributed by atoms with E-state index in [-0.39, 0.29) is 29.4 Å². The minimum absolute atomic E-state index is 0.0535. The molecule has 0 aliphatic rings. The number of ether oxygens (including phenoxy) is 1. The van der Waals surface area contributed by atoms with Gasteiger partial charge in [0, 0.05) is 36.5 Å². The van der Waals surface area contributed by atoms with Gasteiger partial charge in [-0.1, -0.05) is 12.1 Å². The van der Waals surface area contributed by atoms with Crippen LogP contribution >= 0.6 is 0 Å². The molecule has 0 aliphatic carbocycles. The number of carbonyl (C=O) groups excluding carboxylic acids is 1. The Morgan fingerprint density at radius 3 is 2.68 bits per heavy atom. The van der Waals surface area contributed by atoms with Gasteiger partial charge in [-0.15, -0.1) is 0 Å². The number of nitrogens with two attached hydrogens (primary N) is 1. The van der Waals surface area contributed by atoms with Gasteiger partial charge < -0.3 is 15.8 Å². The lowest BCUT2D eigenvalue weighted by atomic mass is 10.1. The molecule has 28 heavy (non-hydrogen) atoms. The van der Waals surface area contributed by atoms with Gasteiger partial charge in [-0.3, -0.25) is 14.9 Å². The molecular formula is C19H15FN4O4. The maximum atomic E-state index is 13.2. The first-order valence-corrected chi connectivity index (χ1v) is 8.13. The van der Waals surface area contributed by atoms with Crippen LogP contribution in [0, 0.1) is 15.9 Å². The van der Waals surface area contributed by atoms with Crippen molar-refractivity contribution >= 4 is 17.3 Å². The van der Waals surface area contributed by atoms with Crippen LogP contribution in [0.1, 0.15) is 15.9 Å². The fourth-order valence-corrected chi connectivity index (χ4v) is 2.41. The van der Waals surface area contributed by atoms with Gasteiger partial charge in [-0.05, 0) is 29.8 Å². The number of halogens is 1. The second kappa shape index (κ2) is 8.12. The molecular weight excluding hydrogens is 367 g/mol. The summed E-state index contributed by atoms with van der Waals surface area (Å²) in [6, 6.07) is 13.0. The standard InChI is InChI=1S/C19H15FN4O4/c20-14-2-1-3-15(9-14)28-18-7-4-12(11-23-18)10-22-16-6-5-13(19(21)25)8-17(16)24(26)27/h1-9,11,22H,10H2,(H2,21,25). The third kappa shape index (κ3) is 4.58. The number of hydrogen-bond donors (Lipinski definition) is 2. The average molecular weight is 382 g/mol. The van der Waals surface area contributed by atoms with Crippen molar-refractivity contribution in [3.8, 4) is 11.6 Å².